The Morgan fingerprint density at radius 2 is 2.24 bits per heavy atom. The Bertz CT molecular complexity index is 215. The lowest BCUT2D eigenvalue weighted by molar-refractivity contribution is -0.122. The molecule has 1 fully saturated rings. The second-order valence-electron chi connectivity index (χ2n) is 4.63. The number of carbonyl (C=O) groups is 1. The molecule has 1 aliphatic rings. The minimum atomic E-state index is 0.149. The third-order valence-electron chi connectivity index (χ3n) is 3.16. The molecule has 1 heterocycles. The van der Waals surface area contributed by atoms with Crippen molar-refractivity contribution < 1.29 is 4.79 Å². The number of hydrogen-bond donors (Lipinski definition) is 2. The van der Waals surface area contributed by atoms with Crippen molar-refractivity contribution in [2.45, 2.75) is 13.3 Å². The van der Waals surface area contributed by atoms with Gasteiger partial charge in [0.05, 0.1) is 6.54 Å². The second kappa shape index (κ2) is 8.44. The minimum Gasteiger partial charge on any atom is -0.354 e. The Balaban J connectivity index is 2.10. The first-order valence-electron chi connectivity index (χ1n) is 6.60. The van der Waals surface area contributed by atoms with Gasteiger partial charge in [0.15, 0.2) is 0 Å². The number of likely N-dealkylation sites (N-methyl/N-ethyl adjacent to an activating group) is 1. The van der Waals surface area contributed by atoms with Crippen LogP contribution in [0.4, 0.5) is 0 Å². The van der Waals surface area contributed by atoms with Crippen molar-refractivity contribution in [2.24, 2.45) is 0 Å². The van der Waals surface area contributed by atoms with E-state index < -0.39 is 0 Å². The standard InChI is InChI=1S/C12H26N4O/c1-3-15(2)9-7-14-12(17)11-16-8-4-5-13-6-10-16/h13H,3-11H2,1-2H3,(H,14,17). The van der Waals surface area contributed by atoms with Crippen molar-refractivity contribution in [3.05, 3.63) is 0 Å². The van der Waals surface area contributed by atoms with Crippen LogP contribution >= 0.6 is 0 Å². The molecule has 1 saturated heterocycles. The van der Waals surface area contributed by atoms with Crippen LogP contribution in [-0.2, 0) is 4.79 Å². The van der Waals surface area contributed by atoms with Crippen LogP contribution in [0.2, 0.25) is 0 Å². The highest BCUT2D eigenvalue weighted by Gasteiger charge is 2.12. The maximum Gasteiger partial charge on any atom is 0.234 e. The van der Waals surface area contributed by atoms with Crippen LogP contribution in [0.5, 0.6) is 0 Å². The number of amides is 1. The summed E-state index contributed by atoms with van der Waals surface area (Å²) in [5.74, 6) is 0.149. The molecule has 0 radical (unpaired) electrons. The average Bonchev–Trinajstić information content (AvgIpc) is 2.57. The molecule has 0 atom stereocenters. The fourth-order valence-corrected chi connectivity index (χ4v) is 1.86. The van der Waals surface area contributed by atoms with Gasteiger partial charge in [-0.15, -0.1) is 0 Å². The summed E-state index contributed by atoms with van der Waals surface area (Å²) in [6.07, 6.45) is 1.13. The van der Waals surface area contributed by atoms with Crippen LogP contribution in [0.15, 0.2) is 0 Å². The lowest BCUT2D eigenvalue weighted by atomic mass is 10.4. The van der Waals surface area contributed by atoms with E-state index in [-0.39, 0.29) is 5.91 Å². The van der Waals surface area contributed by atoms with E-state index >= 15 is 0 Å². The zero-order chi connectivity index (χ0) is 12.5. The van der Waals surface area contributed by atoms with Gasteiger partial charge in [-0.05, 0) is 33.1 Å². The molecule has 0 aromatic heterocycles. The predicted octanol–water partition coefficient (Wildman–Crippen LogP) is -0.650. The van der Waals surface area contributed by atoms with Gasteiger partial charge in [0.25, 0.3) is 0 Å². The van der Waals surface area contributed by atoms with E-state index in [9.17, 15) is 4.79 Å². The summed E-state index contributed by atoms with van der Waals surface area (Å²) in [7, 11) is 2.06. The number of nitrogens with zero attached hydrogens (tertiary/aromatic N) is 2. The van der Waals surface area contributed by atoms with Crippen molar-refractivity contribution in [1.29, 1.82) is 0 Å². The summed E-state index contributed by atoms with van der Waals surface area (Å²) in [5, 5.41) is 6.31. The van der Waals surface area contributed by atoms with Gasteiger partial charge in [-0.2, -0.15) is 0 Å². The zero-order valence-corrected chi connectivity index (χ0v) is 11.2. The fraction of sp³-hybridized carbons (Fsp3) is 0.917. The van der Waals surface area contributed by atoms with E-state index in [4.69, 9.17) is 0 Å². The molecule has 0 aromatic carbocycles. The Morgan fingerprint density at radius 1 is 1.41 bits per heavy atom. The molecule has 0 aromatic rings. The zero-order valence-electron chi connectivity index (χ0n) is 11.2. The third-order valence-corrected chi connectivity index (χ3v) is 3.16. The summed E-state index contributed by atoms with van der Waals surface area (Å²) < 4.78 is 0. The predicted molar refractivity (Wildman–Crippen MR) is 70.1 cm³/mol. The van der Waals surface area contributed by atoms with Crippen LogP contribution in [0.3, 0.4) is 0 Å². The van der Waals surface area contributed by atoms with Gasteiger partial charge < -0.3 is 15.5 Å². The van der Waals surface area contributed by atoms with E-state index in [1.165, 1.54) is 0 Å². The first-order valence-corrected chi connectivity index (χ1v) is 6.60. The molecule has 2 N–H and O–H groups in total. The Labute approximate surface area is 105 Å². The van der Waals surface area contributed by atoms with Gasteiger partial charge >= 0.3 is 0 Å². The lowest BCUT2D eigenvalue weighted by Crippen LogP contribution is -2.41. The molecule has 0 saturated carbocycles. The Hall–Kier alpha value is -0.650. The van der Waals surface area contributed by atoms with Crippen molar-refractivity contribution >= 4 is 5.91 Å². The summed E-state index contributed by atoms with van der Waals surface area (Å²) in [5.41, 5.74) is 0. The van der Waals surface area contributed by atoms with Crippen LogP contribution in [0.25, 0.3) is 0 Å². The molecule has 1 rings (SSSR count). The van der Waals surface area contributed by atoms with E-state index in [0.29, 0.717) is 6.54 Å². The molecule has 5 nitrogen and oxygen atoms in total. The molecular formula is C12H26N4O. The first kappa shape index (κ1) is 14.4. The monoisotopic (exact) mass is 242 g/mol. The molecule has 0 spiro atoms. The number of carbonyl (C=O) groups excluding carboxylic acids is 1. The van der Waals surface area contributed by atoms with Gasteiger partial charge in [-0.1, -0.05) is 6.92 Å². The smallest absolute Gasteiger partial charge is 0.234 e. The SMILES string of the molecule is CCN(C)CCNC(=O)CN1CCCNCC1. The summed E-state index contributed by atoms with van der Waals surface area (Å²) in [6.45, 7) is 9.40. The highest BCUT2D eigenvalue weighted by Crippen LogP contribution is 1.94. The van der Waals surface area contributed by atoms with Crippen LogP contribution in [0, 0.1) is 0 Å². The number of nitrogens with one attached hydrogen (secondary N) is 2. The Morgan fingerprint density at radius 3 is 3.00 bits per heavy atom. The molecule has 5 heteroatoms. The maximum absolute atomic E-state index is 11.7. The van der Waals surface area contributed by atoms with Crippen molar-refractivity contribution in [2.75, 3.05) is 59.4 Å². The second-order valence-corrected chi connectivity index (χ2v) is 4.63. The van der Waals surface area contributed by atoms with E-state index in [1.54, 1.807) is 0 Å². The van der Waals surface area contributed by atoms with Crippen LogP contribution in [0.1, 0.15) is 13.3 Å². The molecule has 0 bridgehead atoms. The largest absolute Gasteiger partial charge is 0.354 e. The highest BCUT2D eigenvalue weighted by molar-refractivity contribution is 5.77. The lowest BCUT2D eigenvalue weighted by Gasteiger charge is -2.19. The fourth-order valence-electron chi connectivity index (χ4n) is 1.86. The normalized spacial score (nSPS) is 18.1. The van der Waals surface area contributed by atoms with Gasteiger partial charge in [0, 0.05) is 26.2 Å². The number of rotatable bonds is 6. The van der Waals surface area contributed by atoms with E-state index in [0.717, 1.165) is 52.2 Å². The average molecular weight is 242 g/mol. The molecular weight excluding hydrogens is 216 g/mol. The van der Waals surface area contributed by atoms with Crippen molar-refractivity contribution in [3.63, 3.8) is 0 Å². The molecule has 1 amide bonds. The minimum absolute atomic E-state index is 0.149. The van der Waals surface area contributed by atoms with Gasteiger partial charge in [-0.25, -0.2) is 0 Å². The molecule has 1 aliphatic heterocycles. The van der Waals surface area contributed by atoms with Crippen LogP contribution < -0.4 is 10.6 Å². The highest BCUT2D eigenvalue weighted by atomic mass is 16.2. The van der Waals surface area contributed by atoms with Gasteiger partial charge in [0.1, 0.15) is 0 Å². The summed E-state index contributed by atoms with van der Waals surface area (Å²) >= 11 is 0. The molecule has 100 valence electrons. The molecule has 0 aliphatic carbocycles. The van der Waals surface area contributed by atoms with E-state index in [2.05, 4.69) is 34.4 Å². The maximum atomic E-state index is 11.7. The van der Waals surface area contributed by atoms with Gasteiger partial charge in [-0.3, -0.25) is 9.69 Å². The van der Waals surface area contributed by atoms with Crippen LogP contribution in [-0.4, -0.2) is 75.1 Å². The quantitative estimate of drug-likeness (QED) is 0.650. The summed E-state index contributed by atoms with van der Waals surface area (Å²) in [4.78, 5) is 16.1. The summed E-state index contributed by atoms with van der Waals surface area (Å²) in [6, 6.07) is 0. The van der Waals surface area contributed by atoms with Crippen molar-refractivity contribution in [1.82, 2.24) is 20.4 Å². The van der Waals surface area contributed by atoms with Gasteiger partial charge in [0.2, 0.25) is 5.91 Å². The van der Waals surface area contributed by atoms with E-state index in [1.807, 2.05) is 0 Å². The third kappa shape index (κ3) is 6.61. The number of hydrogen-bond acceptors (Lipinski definition) is 4. The molecule has 0 unspecified atom stereocenters. The Kier molecular flexibility index (Phi) is 7.16. The van der Waals surface area contributed by atoms with Crippen molar-refractivity contribution in [3.8, 4) is 0 Å². The first-order chi connectivity index (χ1) is 8.22. The topological polar surface area (TPSA) is 47.6 Å². The molecule has 17 heavy (non-hydrogen) atoms.